The van der Waals surface area contributed by atoms with Gasteiger partial charge in [-0.25, -0.2) is 5.01 Å². The number of rotatable bonds is 6. The van der Waals surface area contributed by atoms with Crippen molar-refractivity contribution in [3.05, 3.63) is 99.3 Å². The van der Waals surface area contributed by atoms with Crippen molar-refractivity contribution in [2.45, 2.75) is 33.2 Å². The number of H-pyrrole nitrogens is 1. The second-order valence-electron chi connectivity index (χ2n) is 9.15. The molecule has 37 heavy (non-hydrogen) atoms. The van der Waals surface area contributed by atoms with E-state index < -0.39 is 0 Å². The number of amides is 1. The number of hydrazone groups is 1. The molecule has 1 N–H and O–H groups in total. The first-order chi connectivity index (χ1) is 17.9. The van der Waals surface area contributed by atoms with E-state index in [1.165, 1.54) is 11.9 Å². The fourth-order valence-corrected chi connectivity index (χ4v) is 5.32. The highest BCUT2D eigenvalue weighted by atomic mass is 35.5. The SMILES string of the molecule is CCN(CC)c1ccc([C@H]2CC(c3c(-c4ccccc4)c4cc(Cl)ccc4[nH]c3=O)=NN2C(C)=O)cc1. The summed E-state index contributed by atoms with van der Waals surface area (Å²) in [4.78, 5) is 31.5. The van der Waals surface area contributed by atoms with E-state index in [1.807, 2.05) is 42.5 Å². The van der Waals surface area contributed by atoms with Crippen LogP contribution in [0.25, 0.3) is 22.0 Å². The third kappa shape index (κ3) is 4.65. The van der Waals surface area contributed by atoms with E-state index in [9.17, 15) is 9.59 Å². The largest absolute Gasteiger partial charge is 0.372 e. The lowest BCUT2D eigenvalue weighted by Gasteiger charge is -2.23. The molecule has 188 valence electrons. The molecular weight excluding hydrogens is 484 g/mol. The van der Waals surface area contributed by atoms with E-state index in [1.54, 1.807) is 6.07 Å². The Morgan fingerprint density at radius 3 is 2.38 bits per heavy atom. The molecule has 3 aromatic carbocycles. The number of hydrogen-bond acceptors (Lipinski definition) is 4. The normalized spacial score (nSPS) is 15.2. The summed E-state index contributed by atoms with van der Waals surface area (Å²) >= 11 is 6.38. The standard InChI is InChI=1S/C30H29ClN4O2/c1-4-34(5-2)23-14-11-20(12-15-23)27-18-26(33-35(27)19(3)36)29-28(21-9-7-6-8-10-21)24-17-22(31)13-16-25(24)32-30(29)37/h6-17,27H,4-5,18H2,1-3H3,(H,32,37)/t27-/m1/s1. The summed E-state index contributed by atoms with van der Waals surface area (Å²) in [6.07, 6.45) is 0.430. The Bertz CT molecular complexity index is 1540. The number of fused-ring (bicyclic) bond motifs is 1. The Kier molecular flexibility index (Phi) is 6.85. The number of carbonyl (C=O) groups is 1. The highest BCUT2D eigenvalue weighted by Gasteiger charge is 2.34. The topological polar surface area (TPSA) is 68.8 Å². The fourth-order valence-electron chi connectivity index (χ4n) is 5.15. The van der Waals surface area contributed by atoms with Gasteiger partial charge in [-0.3, -0.25) is 9.59 Å². The zero-order valence-electron chi connectivity index (χ0n) is 21.2. The molecule has 1 aliphatic rings. The summed E-state index contributed by atoms with van der Waals surface area (Å²) in [5.41, 5.74) is 5.27. The van der Waals surface area contributed by atoms with Crippen LogP contribution < -0.4 is 10.5 Å². The third-order valence-electron chi connectivity index (χ3n) is 6.97. The van der Waals surface area contributed by atoms with Gasteiger partial charge in [0.2, 0.25) is 5.91 Å². The van der Waals surface area contributed by atoms with E-state index in [2.05, 4.69) is 48.0 Å². The van der Waals surface area contributed by atoms with E-state index in [-0.39, 0.29) is 17.5 Å². The van der Waals surface area contributed by atoms with Crippen LogP contribution in [0.2, 0.25) is 5.02 Å². The van der Waals surface area contributed by atoms with Gasteiger partial charge in [0.1, 0.15) is 0 Å². The van der Waals surface area contributed by atoms with Gasteiger partial charge in [-0.1, -0.05) is 54.1 Å². The van der Waals surface area contributed by atoms with Crippen molar-refractivity contribution in [3.63, 3.8) is 0 Å². The Balaban J connectivity index is 1.64. The monoisotopic (exact) mass is 512 g/mol. The molecule has 6 nitrogen and oxygen atoms in total. The van der Waals surface area contributed by atoms with Crippen molar-refractivity contribution in [2.24, 2.45) is 5.10 Å². The molecule has 1 amide bonds. The molecule has 5 rings (SSSR count). The Morgan fingerprint density at radius 2 is 1.73 bits per heavy atom. The molecule has 0 spiro atoms. The van der Waals surface area contributed by atoms with Gasteiger partial charge in [0.05, 0.1) is 17.3 Å². The molecule has 0 fully saturated rings. The molecule has 0 bridgehead atoms. The zero-order valence-corrected chi connectivity index (χ0v) is 21.9. The summed E-state index contributed by atoms with van der Waals surface area (Å²) in [5, 5.41) is 7.62. The van der Waals surface area contributed by atoms with Gasteiger partial charge in [0.15, 0.2) is 0 Å². The number of benzene rings is 3. The lowest BCUT2D eigenvalue weighted by Crippen LogP contribution is -2.25. The molecule has 0 saturated heterocycles. The number of nitrogens with one attached hydrogen (secondary N) is 1. The lowest BCUT2D eigenvalue weighted by atomic mass is 9.91. The Hall–Kier alpha value is -3.90. The molecule has 1 aromatic heterocycles. The van der Waals surface area contributed by atoms with Crippen LogP contribution in [0.5, 0.6) is 0 Å². The van der Waals surface area contributed by atoms with Crippen molar-refractivity contribution < 1.29 is 4.79 Å². The van der Waals surface area contributed by atoms with Crippen molar-refractivity contribution in [1.82, 2.24) is 9.99 Å². The molecule has 0 aliphatic carbocycles. The maximum atomic E-state index is 13.5. The molecule has 0 saturated carbocycles. The van der Waals surface area contributed by atoms with E-state index >= 15 is 0 Å². The second-order valence-corrected chi connectivity index (χ2v) is 9.59. The van der Waals surface area contributed by atoms with E-state index in [4.69, 9.17) is 16.7 Å². The fraction of sp³-hybridized carbons (Fsp3) is 0.233. The molecular formula is C30H29ClN4O2. The Morgan fingerprint density at radius 1 is 1.03 bits per heavy atom. The number of halogens is 1. The van der Waals surface area contributed by atoms with Crippen LogP contribution in [0, 0.1) is 0 Å². The van der Waals surface area contributed by atoms with Crippen LogP contribution in [0.3, 0.4) is 0 Å². The van der Waals surface area contributed by atoms with Gasteiger partial charge in [-0.05, 0) is 55.3 Å². The summed E-state index contributed by atoms with van der Waals surface area (Å²) in [6.45, 7) is 7.60. The predicted octanol–water partition coefficient (Wildman–Crippen LogP) is 6.39. The smallest absolute Gasteiger partial charge is 0.258 e. The predicted molar refractivity (Wildman–Crippen MR) is 151 cm³/mol. The number of aromatic amines is 1. The van der Waals surface area contributed by atoms with Crippen LogP contribution in [0.15, 0.2) is 82.7 Å². The molecule has 2 heterocycles. The van der Waals surface area contributed by atoms with Gasteiger partial charge >= 0.3 is 0 Å². The average Bonchev–Trinajstić information content (AvgIpc) is 3.35. The minimum atomic E-state index is -0.295. The van der Waals surface area contributed by atoms with Gasteiger partial charge in [0.25, 0.3) is 5.56 Å². The quantitative estimate of drug-likeness (QED) is 0.325. The first kappa shape index (κ1) is 24.8. The van der Waals surface area contributed by atoms with Crippen molar-refractivity contribution in [2.75, 3.05) is 18.0 Å². The van der Waals surface area contributed by atoms with Gasteiger partial charge < -0.3 is 9.88 Å². The molecule has 0 radical (unpaired) electrons. The average molecular weight is 513 g/mol. The Labute approximate surface area is 221 Å². The summed E-state index contributed by atoms with van der Waals surface area (Å²) in [5.74, 6) is -0.172. The summed E-state index contributed by atoms with van der Waals surface area (Å²) in [7, 11) is 0. The number of pyridine rings is 1. The molecule has 7 heteroatoms. The number of nitrogens with zero attached hydrogens (tertiary/aromatic N) is 3. The zero-order chi connectivity index (χ0) is 26.1. The molecule has 4 aromatic rings. The highest BCUT2D eigenvalue weighted by molar-refractivity contribution is 6.31. The number of aromatic nitrogens is 1. The lowest BCUT2D eigenvalue weighted by molar-refractivity contribution is -0.130. The summed E-state index contributed by atoms with van der Waals surface area (Å²) < 4.78 is 0. The maximum Gasteiger partial charge on any atom is 0.258 e. The minimum absolute atomic E-state index is 0.172. The van der Waals surface area contributed by atoms with Crippen LogP contribution >= 0.6 is 11.6 Å². The maximum absolute atomic E-state index is 13.5. The third-order valence-corrected chi connectivity index (χ3v) is 7.20. The van der Waals surface area contributed by atoms with Crippen LogP contribution in [0.4, 0.5) is 5.69 Å². The molecule has 1 atom stereocenters. The molecule has 0 unspecified atom stereocenters. The van der Waals surface area contributed by atoms with E-state index in [0.29, 0.717) is 28.2 Å². The van der Waals surface area contributed by atoms with Crippen molar-refractivity contribution in [3.8, 4) is 11.1 Å². The van der Waals surface area contributed by atoms with Crippen molar-refractivity contribution >= 4 is 39.8 Å². The highest BCUT2D eigenvalue weighted by Crippen LogP contribution is 2.37. The van der Waals surface area contributed by atoms with E-state index in [0.717, 1.165) is 40.9 Å². The minimum Gasteiger partial charge on any atom is -0.372 e. The van der Waals surface area contributed by atoms with Gasteiger partial charge in [-0.15, -0.1) is 0 Å². The summed E-state index contributed by atoms with van der Waals surface area (Å²) in [6, 6.07) is 23.2. The number of carbonyl (C=O) groups excluding carboxylic acids is 1. The first-order valence-corrected chi connectivity index (χ1v) is 12.9. The van der Waals surface area contributed by atoms with Crippen LogP contribution in [-0.4, -0.2) is 34.7 Å². The second kappa shape index (κ2) is 10.2. The molecule has 1 aliphatic heterocycles. The van der Waals surface area contributed by atoms with Gasteiger partial charge in [-0.2, -0.15) is 5.10 Å². The van der Waals surface area contributed by atoms with Crippen molar-refractivity contribution in [1.29, 1.82) is 0 Å². The van der Waals surface area contributed by atoms with Crippen LogP contribution in [0.1, 0.15) is 44.4 Å². The number of hydrogen-bond donors (Lipinski definition) is 1. The number of anilines is 1. The first-order valence-electron chi connectivity index (χ1n) is 12.5. The van der Waals surface area contributed by atoms with Gasteiger partial charge in [0, 0.05) is 53.6 Å². The van der Waals surface area contributed by atoms with Crippen LogP contribution in [-0.2, 0) is 4.79 Å².